The summed E-state index contributed by atoms with van der Waals surface area (Å²) in [7, 11) is 3.11. The van der Waals surface area contributed by atoms with Crippen molar-refractivity contribution < 1.29 is 23.8 Å². The van der Waals surface area contributed by atoms with Crippen LogP contribution in [0.25, 0.3) is 0 Å². The van der Waals surface area contributed by atoms with Gasteiger partial charge in [0.2, 0.25) is 0 Å². The third kappa shape index (κ3) is 5.56. The summed E-state index contributed by atoms with van der Waals surface area (Å²) in [6.07, 6.45) is 1.89. The second-order valence-electron chi connectivity index (χ2n) is 5.82. The van der Waals surface area contributed by atoms with Crippen molar-refractivity contribution in [2.75, 3.05) is 27.1 Å². The molecule has 0 saturated heterocycles. The Morgan fingerprint density at radius 3 is 2.54 bits per heavy atom. The summed E-state index contributed by atoms with van der Waals surface area (Å²) in [6.45, 7) is 1.38. The highest BCUT2D eigenvalue weighted by molar-refractivity contribution is 7.98. The van der Waals surface area contributed by atoms with E-state index in [1.807, 2.05) is 6.26 Å². The van der Waals surface area contributed by atoms with Gasteiger partial charge in [0.1, 0.15) is 11.5 Å². The number of amides is 1. The molecule has 0 fully saturated rings. The lowest BCUT2D eigenvalue weighted by atomic mass is 10.1. The van der Waals surface area contributed by atoms with Gasteiger partial charge in [-0.15, -0.1) is 11.8 Å². The third-order valence-electron chi connectivity index (χ3n) is 4.01. The van der Waals surface area contributed by atoms with Crippen LogP contribution in [-0.2, 0) is 9.53 Å². The van der Waals surface area contributed by atoms with Gasteiger partial charge in [0, 0.05) is 10.5 Å². The van der Waals surface area contributed by atoms with Crippen LogP contribution in [0.15, 0.2) is 41.3 Å². The van der Waals surface area contributed by atoms with E-state index in [1.54, 1.807) is 57.5 Å². The number of methoxy groups -OCH3 is 2. The van der Waals surface area contributed by atoms with Crippen molar-refractivity contribution in [3.8, 4) is 11.5 Å². The van der Waals surface area contributed by atoms with Crippen LogP contribution in [0.3, 0.4) is 0 Å². The van der Waals surface area contributed by atoms with Crippen LogP contribution in [0.1, 0.15) is 28.9 Å². The van der Waals surface area contributed by atoms with E-state index in [0.717, 1.165) is 10.5 Å². The minimum atomic E-state index is -0.650. The second-order valence-corrected chi connectivity index (χ2v) is 7.11. The van der Waals surface area contributed by atoms with Crippen LogP contribution >= 0.6 is 23.4 Å². The summed E-state index contributed by atoms with van der Waals surface area (Å²) in [4.78, 5) is 25.3. The Kier molecular flexibility index (Phi) is 8.02. The molecule has 8 heteroatoms. The summed E-state index contributed by atoms with van der Waals surface area (Å²) in [5.74, 6) is 0.170. The Morgan fingerprint density at radius 1 is 1.14 bits per heavy atom. The number of thioether (sulfide) groups is 1. The van der Waals surface area contributed by atoms with Gasteiger partial charge in [-0.05, 0) is 49.6 Å². The van der Waals surface area contributed by atoms with Gasteiger partial charge in [0.25, 0.3) is 5.91 Å². The second kappa shape index (κ2) is 10.2. The first-order valence-corrected chi connectivity index (χ1v) is 10.0. The van der Waals surface area contributed by atoms with E-state index < -0.39 is 18.5 Å². The fourth-order valence-corrected chi connectivity index (χ4v) is 3.17. The van der Waals surface area contributed by atoms with Crippen molar-refractivity contribution in [1.29, 1.82) is 0 Å². The molecule has 1 atom stereocenters. The highest BCUT2D eigenvalue weighted by atomic mass is 35.5. The van der Waals surface area contributed by atoms with Crippen molar-refractivity contribution >= 4 is 35.2 Å². The molecule has 0 heterocycles. The van der Waals surface area contributed by atoms with Gasteiger partial charge < -0.3 is 19.5 Å². The van der Waals surface area contributed by atoms with Crippen LogP contribution in [0.5, 0.6) is 11.5 Å². The number of carbonyl (C=O) groups excluding carboxylic acids is 2. The lowest BCUT2D eigenvalue weighted by Gasteiger charge is -2.18. The van der Waals surface area contributed by atoms with Crippen molar-refractivity contribution in [2.24, 2.45) is 0 Å². The van der Waals surface area contributed by atoms with Crippen molar-refractivity contribution in [3.63, 3.8) is 0 Å². The van der Waals surface area contributed by atoms with E-state index >= 15 is 0 Å². The zero-order valence-electron chi connectivity index (χ0n) is 16.1. The van der Waals surface area contributed by atoms with Crippen molar-refractivity contribution in [1.82, 2.24) is 5.32 Å². The predicted octanol–water partition coefficient (Wildman–Crippen LogP) is 4.11. The summed E-state index contributed by atoms with van der Waals surface area (Å²) in [6, 6.07) is 10.0. The number of carbonyl (C=O) groups is 2. The zero-order chi connectivity index (χ0) is 20.7. The summed E-state index contributed by atoms with van der Waals surface area (Å²) < 4.78 is 15.7. The smallest absolute Gasteiger partial charge is 0.340 e. The highest BCUT2D eigenvalue weighted by Gasteiger charge is 2.18. The monoisotopic (exact) mass is 423 g/mol. The Morgan fingerprint density at radius 2 is 1.89 bits per heavy atom. The Bertz CT molecular complexity index is 858. The summed E-state index contributed by atoms with van der Waals surface area (Å²) in [5, 5.41) is 3.05. The average Bonchev–Trinajstić information content (AvgIpc) is 2.71. The standard InChI is InChI=1S/C20H22ClNO5S/c1-12(15-9-13(25-2)5-8-18(15)26-3)22-19(23)11-27-20(24)16-10-14(28-4)6-7-17(16)21/h5-10,12H,11H2,1-4H3,(H,22,23). The molecule has 0 radical (unpaired) electrons. The van der Waals surface area contributed by atoms with Crippen LogP contribution in [-0.4, -0.2) is 39.0 Å². The van der Waals surface area contributed by atoms with Crippen LogP contribution in [0.4, 0.5) is 0 Å². The van der Waals surface area contributed by atoms with E-state index in [0.29, 0.717) is 11.5 Å². The fourth-order valence-electron chi connectivity index (χ4n) is 2.54. The maximum Gasteiger partial charge on any atom is 0.340 e. The molecule has 1 unspecified atom stereocenters. The number of nitrogens with one attached hydrogen (secondary N) is 1. The first-order chi connectivity index (χ1) is 13.4. The molecule has 0 aliphatic heterocycles. The van der Waals surface area contributed by atoms with E-state index in [-0.39, 0.29) is 16.6 Å². The maximum atomic E-state index is 12.2. The number of hydrogen-bond donors (Lipinski definition) is 1. The summed E-state index contributed by atoms with van der Waals surface area (Å²) >= 11 is 7.53. The van der Waals surface area contributed by atoms with E-state index in [2.05, 4.69) is 5.32 Å². The number of ether oxygens (including phenoxy) is 3. The van der Waals surface area contributed by atoms with Gasteiger partial charge in [-0.1, -0.05) is 11.6 Å². The molecule has 150 valence electrons. The first kappa shape index (κ1) is 21.9. The van der Waals surface area contributed by atoms with Gasteiger partial charge in [-0.3, -0.25) is 4.79 Å². The number of esters is 1. The lowest BCUT2D eigenvalue weighted by molar-refractivity contribution is -0.124. The van der Waals surface area contributed by atoms with Crippen molar-refractivity contribution in [2.45, 2.75) is 17.9 Å². The van der Waals surface area contributed by atoms with Crippen LogP contribution in [0.2, 0.25) is 5.02 Å². The van der Waals surface area contributed by atoms with Gasteiger partial charge in [0.15, 0.2) is 6.61 Å². The maximum absolute atomic E-state index is 12.2. The SMILES string of the molecule is COc1ccc(OC)c(C(C)NC(=O)COC(=O)c2cc(SC)ccc2Cl)c1. The number of benzene rings is 2. The van der Waals surface area contributed by atoms with E-state index in [9.17, 15) is 9.59 Å². The molecule has 0 saturated carbocycles. The Hall–Kier alpha value is -2.38. The molecular weight excluding hydrogens is 402 g/mol. The van der Waals surface area contributed by atoms with E-state index in [4.69, 9.17) is 25.8 Å². The molecule has 0 spiro atoms. The van der Waals surface area contributed by atoms with Crippen molar-refractivity contribution in [3.05, 3.63) is 52.5 Å². The van der Waals surface area contributed by atoms with E-state index in [1.165, 1.54) is 11.8 Å². The number of halogens is 1. The molecule has 2 rings (SSSR count). The quantitative estimate of drug-likeness (QED) is 0.508. The van der Waals surface area contributed by atoms with Crippen LogP contribution < -0.4 is 14.8 Å². The number of rotatable bonds is 8. The normalized spacial score (nSPS) is 11.5. The van der Waals surface area contributed by atoms with Gasteiger partial charge >= 0.3 is 5.97 Å². The van der Waals surface area contributed by atoms with Crippen LogP contribution in [0, 0.1) is 0 Å². The first-order valence-electron chi connectivity index (χ1n) is 8.41. The molecule has 0 aliphatic rings. The molecule has 0 bridgehead atoms. The molecule has 1 amide bonds. The predicted molar refractivity (Wildman–Crippen MR) is 110 cm³/mol. The molecule has 2 aromatic rings. The number of hydrogen-bond acceptors (Lipinski definition) is 6. The zero-order valence-corrected chi connectivity index (χ0v) is 17.6. The minimum absolute atomic E-state index is 0.226. The Labute approximate surface area is 173 Å². The average molecular weight is 424 g/mol. The largest absolute Gasteiger partial charge is 0.497 e. The fraction of sp³-hybridized carbons (Fsp3) is 0.300. The lowest BCUT2D eigenvalue weighted by Crippen LogP contribution is -2.31. The molecule has 6 nitrogen and oxygen atoms in total. The molecule has 0 aliphatic carbocycles. The molecule has 1 N–H and O–H groups in total. The topological polar surface area (TPSA) is 73.9 Å². The highest BCUT2D eigenvalue weighted by Crippen LogP contribution is 2.29. The molecule has 2 aromatic carbocycles. The Balaban J connectivity index is 2.00. The van der Waals surface area contributed by atoms with Gasteiger partial charge in [0.05, 0.1) is 30.8 Å². The van der Waals surface area contributed by atoms with Gasteiger partial charge in [-0.2, -0.15) is 0 Å². The third-order valence-corrected chi connectivity index (χ3v) is 5.06. The molecule has 0 aromatic heterocycles. The molecular formula is C20H22ClNO5S. The minimum Gasteiger partial charge on any atom is -0.497 e. The van der Waals surface area contributed by atoms with Gasteiger partial charge in [-0.25, -0.2) is 4.79 Å². The summed E-state index contributed by atoms with van der Waals surface area (Å²) in [5.41, 5.74) is 0.973. The molecule has 28 heavy (non-hydrogen) atoms.